The van der Waals surface area contributed by atoms with Gasteiger partial charge in [-0.25, -0.2) is 8.78 Å². The molecule has 1 amide bonds. The van der Waals surface area contributed by atoms with Crippen LogP contribution in [0.1, 0.15) is 18.9 Å². The van der Waals surface area contributed by atoms with E-state index < -0.39 is 29.6 Å². The second-order valence-corrected chi connectivity index (χ2v) is 6.62. The number of rotatable bonds is 7. The lowest BCUT2D eigenvalue weighted by Gasteiger charge is -2.14. The van der Waals surface area contributed by atoms with E-state index in [0.29, 0.717) is 16.1 Å². The van der Waals surface area contributed by atoms with Gasteiger partial charge in [0.15, 0.2) is 17.7 Å². The predicted octanol–water partition coefficient (Wildman–Crippen LogP) is 3.89. The summed E-state index contributed by atoms with van der Waals surface area (Å²) in [6.07, 6.45) is -1.05. The van der Waals surface area contributed by atoms with E-state index in [-0.39, 0.29) is 12.2 Å². The fourth-order valence-corrected chi connectivity index (χ4v) is 2.91. The van der Waals surface area contributed by atoms with Gasteiger partial charge in [0.05, 0.1) is 17.7 Å². The molecule has 0 saturated heterocycles. The Balaban J connectivity index is 1.79. The monoisotopic (exact) mass is 390 g/mol. The Labute approximate surface area is 159 Å². The smallest absolute Gasteiger partial charge is 0.307 e. The molecule has 1 N–H and O–H groups in total. The van der Waals surface area contributed by atoms with Gasteiger partial charge in [-0.3, -0.25) is 9.59 Å². The minimum Gasteiger partial charge on any atom is -0.453 e. The minimum absolute atomic E-state index is 0.00390. The summed E-state index contributed by atoms with van der Waals surface area (Å²) in [7, 11) is 0. The van der Waals surface area contributed by atoms with Crippen LogP contribution in [-0.4, -0.2) is 23.7 Å². The Bertz CT molecular complexity index is 883. The van der Waals surface area contributed by atoms with Crippen LogP contribution in [-0.2, 0) is 14.3 Å². The molecule has 0 unspecified atom stereocenters. The van der Waals surface area contributed by atoms with Gasteiger partial charge < -0.3 is 10.1 Å². The lowest BCUT2D eigenvalue weighted by Crippen LogP contribution is -2.30. The van der Waals surface area contributed by atoms with Gasteiger partial charge in [-0.05, 0) is 37.3 Å². The van der Waals surface area contributed by atoms with Gasteiger partial charge in [0.25, 0.3) is 5.91 Å². The number of carbonyl (C=O) groups is 2. The van der Waals surface area contributed by atoms with Crippen LogP contribution in [0, 0.1) is 23.0 Å². The first-order valence-electron chi connectivity index (χ1n) is 7.98. The number of nitrogens with one attached hydrogen (secondary N) is 1. The zero-order chi connectivity index (χ0) is 19.8. The van der Waals surface area contributed by atoms with Crippen LogP contribution in [0.2, 0.25) is 0 Å². The van der Waals surface area contributed by atoms with Crippen molar-refractivity contribution in [3.63, 3.8) is 0 Å². The minimum atomic E-state index is -1.04. The van der Waals surface area contributed by atoms with E-state index in [1.165, 1.54) is 24.8 Å². The van der Waals surface area contributed by atoms with E-state index >= 15 is 0 Å². The average Bonchev–Trinajstić information content (AvgIpc) is 2.65. The highest BCUT2D eigenvalue weighted by atomic mass is 32.2. The van der Waals surface area contributed by atoms with Crippen molar-refractivity contribution in [2.75, 3.05) is 11.1 Å². The molecule has 0 aliphatic heterocycles. The Morgan fingerprint density at radius 1 is 1.22 bits per heavy atom. The number of amides is 1. The van der Waals surface area contributed by atoms with Crippen molar-refractivity contribution in [2.24, 2.45) is 0 Å². The zero-order valence-electron chi connectivity index (χ0n) is 14.4. The zero-order valence-corrected chi connectivity index (χ0v) is 15.2. The number of hydrogen-bond donors (Lipinski definition) is 1. The molecule has 0 aromatic heterocycles. The van der Waals surface area contributed by atoms with E-state index in [1.807, 2.05) is 6.07 Å². The average molecular weight is 390 g/mol. The standard InChI is InChI=1S/C19H16F2N2O3S/c1-12(19(25)23-17-5-3-2-4-13(17)11-22)26-18(24)8-9-27-14-6-7-15(20)16(21)10-14/h2-7,10,12H,8-9H2,1H3,(H,23,25)/t12-/m1/s1. The molecule has 0 heterocycles. The van der Waals surface area contributed by atoms with Gasteiger partial charge in [0, 0.05) is 10.6 Å². The number of thioether (sulfide) groups is 1. The Hall–Kier alpha value is -2.92. The molecule has 0 spiro atoms. The summed E-state index contributed by atoms with van der Waals surface area (Å²) in [5.41, 5.74) is 0.633. The molecule has 0 aliphatic rings. The van der Waals surface area contributed by atoms with E-state index in [4.69, 9.17) is 10.00 Å². The summed E-state index contributed by atoms with van der Waals surface area (Å²) < 4.78 is 31.0. The van der Waals surface area contributed by atoms with Crippen LogP contribution < -0.4 is 5.32 Å². The molecule has 2 aromatic carbocycles. The van der Waals surface area contributed by atoms with Crippen molar-refractivity contribution in [1.82, 2.24) is 0 Å². The third kappa shape index (κ3) is 6.08. The fraction of sp³-hybridized carbons (Fsp3) is 0.211. The summed E-state index contributed by atoms with van der Waals surface area (Å²) in [5.74, 6) is -2.75. The maximum absolute atomic E-state index is 13.1. The summed E-state index contributed by atoms with van der Waals surface area (Å²) in [4.78, 5) is 24.4. The van der Waals surface area contributed by atoms with Crippen molar-refractivity contribution in [1.29, 1.82) is 5.26 Å². The maximum atomic E-state index is 13.1. The fourth-order valence-electron chi connectivity index (χ4n) is 2.05. The normalized spacial score (nSPS) is 11.3. The first-order valence-corrected chi connectivity index (χ1v) is 8.96. The van der Waals surface area contributed by atoms with Crippen LogP contribution in [0.25, 0.3) is 0 Å². The van der Waals surface area contributed by atoms with Crippen molar-refractivity contribution in [2.45, 2.75) is 24.3 Å². The largest absolute Gasteiger partial charge is 0.453 e. The molecule has 0 radical (unpaired) electrons. The van der Waals surface area contributed by atoms with Gasteiger partial charge in [0.2, 0.25) is 0 Å². The molecule has 0 bridgehead atoms. The number of esters is 1. The van der Waals surface area contributed by atoms with Crippen LogP contribution >= 0.6 is 11.8 Å². The second kappa shape index (κ2) is 9.69. The molecule has 2 aromatic rings. The molecule has 2 rings (SSSR count). The first-order chi connectivity index (χ1) is 12.9. The SMILES string of the molecule is C[C@@H](OC(=O)CCSc1ccc(F)c(F)c1)C(=O)Nc1ccccc1C#N. The van der Waals surface area contributed by atoms with Crippen molar-refractivity contribution in [3.05, 3.63) is 59.7 Å². The third-order valence-electron chi connectivity index (χ3n) is 3.45. The van der Waals surface area contributed by atoms with Crippen LogP contribution in [0.5, 0.6) is 0 Å². The highest BCUT2D eigenvalue weighted by molar-refractivity contribution is 7.99. The number of para-hydroxylation sites is 1. The number of anilines is 1. The molecular weight excluding hydrogens is 374 g/mol. The van der Waals surface area contributed by atoms with Crippen molar-refractivity contribution >= 4 is 29.3 Å². The van der Waals surface area contributed by atoms with Gasteiger partial charge in [-0.1, -0.05) is 12.1 Å². The quantitative estimate of drug-likeness (QED) is 0.573. The lowest BCUT2D eigenvalue weighted by molar-refractivity contribution is -0.152. The summed E-state index contributed by atoms with van der Waals surface area (Å²) >= 11 is 1.17. The van der Waals surface area contributed by atoms with Gasteiger partial charge in [0.1, 0.15) is 6.07 Å². The van der Waals surface area contributed by atoms with Gasteiger partial charge >= 0.3 is 5.97 Å². The highest BCUT2D eigenvalue weighted by Gasteiger charge is 2.18. The van der Waals surface area contributed by atoms with E-state index in [0.717, 1.165) is 12.1 Å². The van der Waals surface area contributed by atoms with E-state index in [2.05, 4.69) is 5.32 Å². The number of carbonyl (C=O) groups excluding carboxylic acids is 2. The first kappa shape index (κ1) is 20.4. The molecule has 8 heteroatoms. The molecule has 27 heavy (non-hydrogen) atoms. The molecule has 5 nitrogen and oxygen atoms in total. The molecule has 140 valence electrons. The predicted molar refractivity (Wildman–Crippen MR) is 97.0 cm³/mol. The number of ether oxygens (including phenoxy) is 1. The molecule has 0 fully saturated rings. The van der Waals surface area contributed by atoms with Crippen molar-refractivity contribution in [3.8, 4) is 6.07 Å². The second-order valence-electron chi connectivity index (χ2n) is 5.45. The number of nitrogens with zero attached hydrogens (tertiary/aromatic N) is 1. The third-order valence-corrected chi connectivity index (χ3v) is 4.44. The maximum Gasteiger partial charge on any atom is 0.307 e. The van der Waals surface area contributed by atoms with Crippen LogP contribution in [0.3, 0.4) is 0 Å². The van der Waals surface area contributed by atoms with Crippen molar-refractivity contribution < 1.29 is 23.1 Å². The van der Waals surface area contributed by atoms with Gasteiger partial charge in [-0.15, -0.1) is 11.8 Å². The Morgan fingerprint density at radius 2 is 1.96 bits per heavy atom. The molecular formula is C19H16F2N2O3S. The van der Waals surface area contributed by atoms with Crippen LogP contribution in [0.4, 0.5) is 14.5 Å². The summed E-state index contributed by atoms with van der Waals surface area (Å²) in [6, 6.07) is 11.9. The van der Waals surface area contributed by atoms with Gasteiger partial charge in [-0.2, -0.15) is 5.26 Å². The number of hydrogen-bond acceptors (Lipinski definition) is 5. The highest BCUT2D eigenvalue weighted by Crippen LogP contribution is 2.21. The number of halogens is 2. The Kier molecular flexibility index (Phi) is 7.32. The van der Waals surface area contributed by atoms with E-state index in [1.54, 1.807) is 24.3 Å². The Morgan fingerprint density at radius 3 is 2.67 bits per heavy atom. The molecule has 1 atom stereocenters. The van der Waals surface area contributed by atoms with E-state index in [9.17, 15) is 18.4 Å². The summed E-state index contributed by atoms with van der Waals surface area (Å²) in [6.45, 7) is 1.42. The molecule has 0 saturated carbocycles. The molecule has 0 aliphatic carbocycles. The topological polar surface area (TPSA) is 79.2 Å². The number of benzene rings is 2. The van der Waals surface area contributed by atoms with Crippen LogP contribution in [0.15, 0.2) is 47.4 Å². The number of nitriles is 1. The summed E-state index contributed by atoms with van der Waals surface area (Å²) in [5, 5.41) is 11.5. The lowest BCUT2D eigenvalue weighted by atomic mass is 10.2.